The summed E-state index contributed by atoms with van der Waals surface area (Å²) in [5.41, 5.74) is 4.51. The first-order chi connectivity index (χ1) is 15.1. The van der Waals surface area contributed by atoms with Crippen LogP contribution in [-0.2, 0) is 20.4 Å². The van der Waals surface area contributed by atoms with E-state index < -0.39 is 22.4 Å². The predicted molar refractivity (Wildman–Crippen MR) is 125 cm³/mol. The van der Waals surface area contributed by atoms with E-state index in [4.69, 9.17) is 0 Å². The zero-order valence-corrected chi connectivity index (χ0v) is 18.5. The van der Waals surface area contributed by atoms with Gasteiger partial charge in [0.15, 0.2) is 0 Å². The largest absolute Gasteiger partial charge is 0.506 e. The van der Waals surface area contributed by atoms with E-state index in [0.29, 0.717) is 5.71 Å². The number of nitrogens with one attached hydrogen (secondary N) is 1. The molecule has 2 aromatic carbocycles. The summed E-state index contributed by atoms with van der Waals surface area (Å²) < 4.78 is 0. The molecular formula is C27H24N2O3. The van der Waals surface area contributed by atoms with Crippen molar-refractivity contribution in [1.29, 1.82) is 0 Å². The molecule has 1 aliphatic carbocycles. The van der Waals surface area contributed by atoms with Gasteiger partial charge in [0.25, 0.3) is 0 Å². The molecular weight excluding hydrogens is 400 g/mol. The topological polar surface area (TPSA) is 78.8 Å². The number of aliphatic hydroxyl groups excluding tert-OH is 1. The summed E-state index contributed by atoms with van der Waals surface area (Å²) >= 11 is 0. The maximum atomic E-state index is 12.8. The molecule has 2 aromatic rings. The molecule has 2 N–H and O–H groups in total. The van der Waals surface area contributed by atoms with Crippen molar-refractivity contribution in [2.24, 2.45) is 4.99 Å². The van der Waals surface area contributed by atoms with Gasteiger partial charge in [-0.3, -0.25) is 14.6 Å². The second-order valence-electron chi connectivity index (χ2n) is 9.47. The Kier molecular flexibility index (Phi) is 4.18. The SMILES string of the molecule is CC1(C)C(C=C2C(=O)C(=O)C(C=C3Nc4ccccc4C3(C)C)=C2O)=Nc2ccccc21. The van der Waals surface area contributed by atoms with Crippen LogP contribution in [0.5, 0.6) is 0 Å². The van der Waals surface area contributed by atoms with Crippen molar-refractivity contribution in [2.45, 2.75) is 38.5 Å². The smallest absolute Gasteiger partial charge is 0.237 e. The lowest BCUT2D eigenvalue weighted by Gasteiger charge is -2.20. The number of fused-ring (bicyclic) bond motifs is 2. The van der Waals surface area contributed by atoms with Gasteiger partial charge in [-0.2, -0.15) is 0 Å². The van der Waals surface area contributed by atoms with Gasteiger partial charge >= 0.3 is 0 Å². The lowest BCUT2D eigenvalue weighted by atomic mass is 9.81. The Balaban J connectivity index is 1.57. The van der Waals surface area contributed by atoms with Gasteiger partial charge in [-0.15, -0.1) is 0 Å². The van der Waals surface area contributed by atoms with Crippen LogP contribution in [0.15, 0.2) is 88.3 Å². The molecule has 0 saturated heterocycles. The van der Waals surface area contributed by atoms with Gasteiger partial charge in [0.1, 0.15) is 5.76 Å². The number of benzene rings is 2. The standard InChI is InChI=1S/C27H24N2O3/c1-26(2)17-9-5-7-11-19(17)28-21(26)13-15-23(30)16(25(32)24(15)31)14-22-27(3,4)18-10-6-8-12-20(18)29-22/h5-14,28,30H,1-4H3. The van der Waals surface area contributed by atoms with Crippen LogP contribution >= 0.6 is 0 Å². The average molecular weight is 425 g/mol. The van der Waals surface area contributed by atoms with Gasteiger partial charge < -0.3 is 10.4 Å². The van der Waals surface area contributed by atoms with Gasteiger partial charge in [-0.05, 0) is 35.4 Å². The Morgan fingerprint density at radius 3 is 2.19 bits per heavy atom. The van der Waals surface area contributed by atoms with Crippen molar-refractivity contribution in [3.63, 3.8) is 0 Å². The maximum Gasteiger partial charge on any atom is 0.237 e. The first kappa shape index (κ1) is 20.2. The van der Waals surface area contributed by atoms with E-state index >= 15 is 0 Å². The summed E-state index contributed by atoms with van der Waals surface area (Å²) in [6, 6.07) is 15.7. The molecule has 0 bridgehead atoms. The highest BCUT2D eigenvalue weighted by Crippen LogP contribution is 2.44. The van der Waals surface area contributed by atoms with Crippen molar-refractivity contribution in [2.75, 3.05) is 5.32 Å². The Morgan fingerprint density at radius 1 is 0.844 bits per heavy atom. The number of nitrogens with zero attached hydrogens (tertiary/aromatic N) is 1. The molecule has 0 amide bonds. The lowest BCUT2D eigenvalue weighted by Crippen LogP contribution is -2.25. The molecule has 0 radical (unpaired) electrons. The molecule has 0 unspecified atom stereocenters. The average Bonchev–Trinajstić information content (AvgIpc) is 3.25. The summed E-state index contributed by atoms with van der Waals surface area (Å²) in [6.07, 6.45) is 3.16. The van der Waals surface area contributed by atoms with Crippen LogP contribution < -0.4 is 5.32 Å². The van der Waals surface area contributed by atoms with Crippen LogP contribution in [0.4, 0.5) is 11.4 Å². The van der Waals surface area contributed by atoms with E-state index in [2.05, 4.69) is 10.3 Å². The van der Waals surface area contributed by atoms with Crippen molar-refractivity contribution >= 4 is 28.7 Å². The number of para-hydroxylation sites is 2. The minimum absolute atomic E-state index is 0.00482. The molecule has 5 nitrogen and oxygen atoms in total. The molecule has 0 saturated carbocycles. The molecule has 0 spiro atoms. The number of anilines is 1. The van der Waals surface area contributed by atoms with Crippen LogP contribution in [0.2, 0.25) is 0 Å². The zero-order chi connectivity index (χ0) is 22.8. The number of allylic oxidation sites excluding steroid dienone is 5. The summed E-state index contributed by atoms with van der Waals surface area (Å²) in [7, 11) is 0. The third-order valence-corrected chi connectivity index (χ3v) is 6.78. The lowest BCUT2D eigenvalue weighted by molar-refractivity contribution is -0.131. The first-order valence-corrected chi connectivity index (χ1v) is 10.6. The molecule has 3 aliphatic rings. The fourth-order valence-electron chi connectivity index (χ4n) is 4.67. The fourth-order valence-corrected chi connectivity index (χ4v) is 4.67. The van der Waals surface area contributed by atoms with Crippen molar-refractivity contribution in [1.82, 2.24) is 0 Å². The quantitative estimate of drug-likeness (QED) is 0.511. The molecule has 5 heteroatoms. The minimum atomic E-state index is -0.711. The van der Waals surface area contributed by atoms with Crippen LogP contribution in [0.25, 0.3) is 0 Å². The number of Topliss-reactive ketones (excluding diaryl/α,β-unsaturated/α-hetero) is 2. The predicted octanol–water partition coefficient (Wildman–Crippen LogP) is 5.23. The zero-order valence-electron chi connectivity index (χ0n) is 18.5. The first-order valence-electron chi connectivity index (χ1n) is 10.6. The molecule has 5 rings (SSSR count). The summed E-state index contributed by atoms with van der Waals surface area (Å²) in [6.45, 7) is 8.12. The van der Waals surface area contributed by atoms with Crippen LogP contribution in [0.3, 0.4) is 0 Å². The fraction of sp³-hybridized carbons (Fsp3) is 0.222. The number of rotatable bonds is 2. The molecule has 0 atom stereocenters. The van der Waals surface area contributed by atoms with E-state index in [9.17, 15) is 14.7 Å². The van der Waals surface area contributed by atoms with Crippen LogP contribution in [0, 0.1) is 0 Å². The minimum Gasteiger partial charge on any atom is -0.506 e. The van der Waals surface area contributed by atoms with Crippen molar-refractivity contribution < 1.29 is 14.7 Å². The Morgan fingerprint density at radius 2 is 1.50 bits per heavy atom. The van der Waals surface area contributed by atoms with E-state index in [-0.39, 0.29) is 16.9 Å². The van der Waals surface area contributed by atoms with Gasteiger partial charge in [0.05, 0.1) is 22.5 Å². The highest BCUT2D eigenvalue weighted by Gasteiger charge is 2.41. The van der Waals surface area contributed by atoms with Gasteiger partial charge in [0.2, 0.25) is 11.6 Å². The maximum absolute atomic E-state index is 12.8. The van der Waals surface area contributed by atoms with E-state index in [1.807, 2.05) is 76.2 Å². The summed E-state index contributed by atoms with van der Waals surface area (Å²) in [4.78, 5) is 30.3. The highest BCUT2D eigenvalue weighted by atomic mass is 16.3. The number of aliphatic hydroxyl groups is 1. The number of carbonyl (C=O) groups excluding carboxylic acids is 2. The molecule has 2 heterocycles. The van der Waals surface area contributed by atoms with Crippen LogP contribution in [0.1, 0.15) is 38.8 Å². The summed E-state index contributed by atoms with van der Waals surface area (Å²) in [5.74, 6) is -1.71. The van der Waals surface area contributed by atoms with E-state index in [0.717, 1.165) is 28.2 Å². The van der Waals surface area contributed by atoms with Gasteiger partial charge in [-0.25, -0.2) is 0 Å². The van der Waals surface area contributed by atoms with Crippen molar-refractivity contribution in [3.8, 4) is 0 Å². The molecule has 32 heavy (non-hydrogen) atoms. The van der Waals surface area contributed by atoms with E-state index in [1.54, 1.807) is 12.2 Å². The molecule has 160 valence electrons. The monoisotopic (exact) mass is 424 g/mol. The second-order valence-corrected chi connectivity index (χ2v) is 9.47. The third kappa shape index (κ3) is 2.74. The van der Waals surface area contributed by atoms with Gasteiger partial charge in [-0.1, -0.05) is 64.1 Å². The number of hydrogen-bond donors (Lipinski definition) is 2. The normalized spacial score (nSPS) is 22.9. The number of aliphatic imine (C=N–C) groups is 1. The third-order valence-electron chi connectivity index (χ3n) is 6.78. The van der Waals surface area contributed by atoms with Crippen LogP contribution in [-0.4, -0.2) is 22.4 Å². The molecule has 0 aromatic heterocycles. The number of ketones is 2. The van der Waals surface area contributed by atoms with Crippen molar-refractivity contribution in [3.05, 3.63) is 94.4 Å². The number of hydrogen-bond acceptors (Lipinski definition) is 5. The highest BCUT2D eigenvalue weighted by molar-refractivity contribution is 6.54. The second kappa shape index (κ2) is 6.63. The summed E-state index contributed by atoms with van der Waals surface area (Å²) in [5, 5.41) is 14.3. The molecule has 2 aliphatic heterocycles. The number of carbonyl (C=O) groups is 2. The Bertz CT molecular complexity index is 1340. The van der Waals surface area contributed by atoms with Gasteiger partial charge in [0, 0.05) is 22.2 Å². The molecule has 0 fully saturated rings. The van der Waals surface area contributed by atoms with E-state index in [1.165, 1.54) is 0 Å². The Hall–Kier alpha value is -3.73. The Labute approximate surface area is 186 Å².